The summed E-state index contributed by atoms with van der Waals surface area (Å²) in [6, 6.07) is 19.2. The van der Waals surface area contributed by atoms with Gasteiger partial charge in [-0.2, -0.15) is 5.26 Å². The van der Waals surface area contributed by atoms with E-state index in [0.29, 0.717) is 34.1 Å². The molecule has 0 spiro atoms. The molecule has 0 atom stereocenters. The van der Waals surface area contributed by atoms with Crippen LogP contribution in [0.4, 0.5) is 5.69 Å². The van der Waals surface area contributed by atoms with E-state index in [0.717, 1.165) is 37.4 Å². The Morgan fingerprint density at radius 2 is 1.71 bits per heavy atom. The summed E-state index contributed by atoms with van der Waals surface area (Å²) in [5, 5.41) is 12.9. The number of ether oxygens (including phenoxy) is 1. The predicted molar refractivity (Wildman–Crippen MR) is 164 cm³/mol. The van der Waals surface area contributed by atoms with Gasteiger partial charge in [-0.25, -0.2) is 4.98 Å². The van der Waals surface area contributed by atoms with Crippen LogP contribution in [0.1, 0.15) is 60.6 Å². The summed E-state index contributed by atoms with van der Waals surface area (Å²) in [7, 11) is 0. The van der Waals surface area contributed by atoms with E-state index in [9.17, 15) is 10.1 Å². The molecular formula is C34H34ClN5O2. The molecule has 7 nitrogen and oxygen atoms in total. The molecule has 1 amide bonds. The molecule has 2 fully saturated rings. The van der Waals surface area contributed by atoms with Crippen LogP contribution in [0.3, 0.4) is 0 Å². The van der Waals surface area contributed by atoms with E-state index in [2.05, 4.69) is 68.0 Å². The second-order valence-corrected chi connectivity index (χ2v) is 12.9. The molecular weight excluding hydrogens is 546 g/mol. The second-order valence-electron chi connectivity index (χ2n) is 12.5. The summed E-state index contributed by atoms with van der Waals surface area (Å²) in [5.74, 6) is 7.03. The first-order chi connectivity index (χ1) is 20.1. The topological polar surface area (TPSA) is 81.5 Å². The molecule has 0 bridgehead atoms. The van der Waals surface area contributed by atoms with Crippen molar-refractivity contribution in [3.8, 4) is 23.7 Å². The normalized spacial score (nSPS) is 22.0. The molecule has 1 aliphatic carbocycles. The Balaban J connectivity index is 1.16. The van der Waals surface area contributed by atoms with Crippen molar-refractivity contribution in [1.29, 1.82) is 5.26 Å². The van der Waals surface area contributed by atoms with Crippen LogP contribution >= 0.6 is 11.6 Å². The standard InChI is InChI=1S/C34H34ClN5O2/c1-33(2)31(34(3,4)32(33)42-26-13-8-23(20-36)28(35)19-26)40-21-29-27(30(40)41)14-10-24(38-29)9-5-22-6-11-25(12-7-22)39-17-15-37-16-18-39/h6-8,10-14,19,31-32,37H,15-18,21H2,1-4H3. The molecule has 1 N–H and O–H groups in total. The summed E-state index contributed by atoms with van der Waals surface area (Å²) >= 11 is 6.25. The average molecular weight is 580 g/mol. The molecule has 1 aromatic heterocycles. The molecule has 1 saturated heterocycles. The third-order valence-corrected chi connectivity index (χ3v) is 9.17. The highest BCUT2D eigenvalue weighted by atomic mass is 35.5. The summed E-state index contributed by atoms with van der Waals surface area (Å²) in [4.78, 5) is 22.7. The lowest BCUT2D eigenvalue weighted by atomic mass is 9.49. The van der Waals surface area contributed by atoms with E-state index in [1.807, 2.05) is 29.2 Å². The highest BCUT2D eigenvalue weighted by molar-refractivity contribution is 6.31. The number of anilines is 1. The van der Waals surface area contributed by atoms with Gasteiger partial charge in [0.05, 0.1) is 28.4 Å². The highest BCUT2D eigenvalue weighted by Gasteiger charge is 2.67. The van der Waals surface area contributed by atoms with Gasteiger partial charge in [-0.1, -0.05) is 45.2 Å². The lowest BCUT2D eigenvalue weighted by Crippen LogP contribution is -2.74. The lowest BCUT2D eigenvalue weighted by Gasteiger charge is -2.65. The maximum atomic E-state index is 13.6. The van der Waals surface area contributed by atoms with Gasteiger partial charge in [-0.15, -0.1) is 0 Å². The molecule has 214 valence electrons. The molecule has 6 rings (SSSR count). The first-order valence-electron chi connectivity index (χ1n) is 14.3. The maximum Gasteiger partial charge on any atom is 0.256 e. The molecule has 2 aromatic carbocycles. The molecule has 0 radical (unpaired) electrons. The summed E-state index contributed by atoms with van der Waals surface area (Å²) in [6.07, 6.45) is -0.164. The van der Waals surface area contributed by atoms with E-state index in [1.165, 1.54) is 5.69 Å². The monoisotopic (exact) mass is 579 g/mol. The van der Waals surface area contributed by atoms with Gasteiger partial charge < -0.3 is 19.9 Å². The fourth-order valence-electron chi connectivity index (χ4n) is 7.31. The molecule has 3 heterocycles. The Bertz CT molecular complexity index is 1630. The molecule has 8 heteroatoms. The van der Waals surface area contributed by atoms with Crippen LogP contribution in [0, 0.1) is 34.0 Å². The number of aromatic nitrogens is 1. The van der Waals surface area contributed by atoms with E-state index in [4.69, 9.17) is 21.3 Å². The fraction of sp³-hybridized carbons (Fsp3) is 0.382. The Labute approximate surface area is 252 Å². The number of fused-ring (bicyclic) bond motifs is 1. The van der Waals surface area contributed by atoms with Gasteiger partial charge in [-0.05, 0) is 54.5 Å². The number of hydrogen-bond acceptors (Lipinski definition) is 6. The highest BCUT2D eigenvalue weighted by Crippen LogP contribution is 2.59. The number of rotatable bonds is 4. The zero-order valence-electron chi connectivity index (χ0n) is 24.4. The number of hydrogen-bond donors (Lipinski definition) is 1. The number of carbonyl (C=O) groups is 1. The van der Waals surface area contributed by atoms with Crippen molar-refractivity contribution in [1.82, 2.24) is 15.2 Å². The quantitative estimate of drug-likeness (QED) is 0.425. The number of carbonyl (C=O) groups excluding carboxylic acids is 1. The number of piperazine rings is 1. The number of halogens is 1. The Kier molecular flexibility index (Phi) is 7.13. The lowest BCUT2D eigenvalue weighted by molar-refractivity contribution is -0.199. The summed E-state index contributed by atoms with van der Waals surface area (Å²) in [6.45, 7) is 13.0. The smallest absolute Gasteiger partial charge is 0.256 e. The molecule has 3 aromatic rings. The molecule has 3 aliphatic rings. The van der Waals surface area contributed by atoms with E-state index in [-0.39, 0.29) is 28.9 Å². The van der Waals surface area contributed by atoms with Crippen molar-refractivity contribution in [3.05, 3.63) is 87.7 Å². The number of amides is 1. The Hall–Kier alpha value is -4.04. The molecule has 42 heavy (non-hydrogen) atoms. The average Bonchev–Trinajstić information content (AvgIpc) is 3.29. The van der Waals surface area contributed by atoms with Crippen molar-refractivity contribution < 1.29 is 9.53 Å². The number of pyridine rings is 1. The number of nitrogens with zero attached hydrogens (tertiary/aromatic N) is 4. The third kappa shape index (κ3) is 4.87. The van der Waals surface area contributed by atoms with Gasteiger partial charge in [0.1, 0.15) is 23.6 Å². The van der Waals surface area contributed by atoms with E-state index >= 15 is 0 Å². The van der Waals surface area contributed by atoms with Gasteiger partial charge in [0, 0.05) is 60.4 Å². The minimum absolute atomic E-state index is 0.00784. The van der Waals surface area contributed by atoms with Gasteiger partial charge >= 0.3 is 0 Å². The van der Waals surface area contributed by atoms with Crippen LogP contribution in [0.25, 0.3) is 0 Å². The largest absolute Gasteiger partial charge is 0.489 e. The molecule has 0 unspecified atom stereocenters. The maximum absolute atomic E-state index is 13.6. The van der Waals surface area contributed by atoms with Crippen LogP contribution in [0.5, 0.6) is 5.75 Å². The number of nitrogens with one attached hydrogen (secondary N) is 1. The minimum atomic E-state index is -0.332. The number of nitriles is 1. The van der Waals surface area contributed by atoms with Gasteiger partial charge in [0.2, 0.25) is 0 Å². The van der Waals surface area contributed by atoms with Crippen molar-refractivity contribution in [2.75, 3.05) is 31.1 Å². The van der Waals surface area contributed by atoms with Gasteiger partial charge in [0.15, 0.2) is 0 Å². The summed E-state index contributed by atoms with van der Waals surface area (Å²) < 4.78 is 6.43. The SMILES string of the molecule is CC1(C)C(Oc2ccc(C#N)c(Cl)c2)C(C)(C)C1N1Cc2nc(C#Cc3ccc(N4CCNCC4)cc3)ccc2C1=O. The first-order valence-corrected chi connectivity index (χ1v) is 14.7. The van der Waals surface area contributed by atoms with Crippen molar-refractivity contribution in [2.45, 2.75) is 46.4 Å². The van der Waals surface area contributed by atoms with Gasteiger partial charge in [-0.3, -0.25) is 4.79 Å². The first kappa shape index (κ1) is 28.1. The van der Waals surface area contributed by atoms with Crippen molar-refractivity contribution >= 4 is 23.2 Å². The van der Waals surface area contributed by atoms with Crippen LogP contribution in [0.15, 0.2) is 54.6 Å². The van der Waals surface area contributed by atoms with E-state index < -0.39 is 0 Å². The Morgan fingerprint density at radius 3 is 2.38 bits per heavy atom. The zero-order valence-corrected chi connectivity index (χ0v) is 25.1. The van der Waals surface area contributed by atoms with Crippen LogP contribution in [-0.4, -0.2) is 54.1 Å². The van der Waals surface area contributed by atoms with Crippen LogP contribution < -0.4 is 15.0 Å². The summed E-state index contributed by atoms with van der Waals surface area (Å²) in [5.41, 5.74) is 3.94. The Morgan fingerprint density at radius 1 is 1.00 bits per heavy atom. The van der Waals surface area contributed by atoms with Crippen LogP contribution in [0.2, 0.25) is 5.02 Å². The molecule has 1 saturated carbocycles. The van der Waals surface area contributed by atoms with Gasteiger partial charge in [0.25, 0.3) is 5.91 Å². The minimum Gasteiger partial charge on any atom is -0.489 e. The second kappa shape index (κ2) is 10.7. The van der Waals surface area contributed by atoms with Crippen molar-refractivity contribution in [3.63, 3.8) is 0 Å². The van der Waals surface area contributed by atoms with Crippen molar-refractivity contribution in [2.24, 2.45) is 10.8 Å². The third-order valence-electron chi connectivity index (χ3n) is 8.86. The fourth-order valence-corrected chi connectivity index (χ4v) is 7.52. The number of benzene rings is 2. The predicted octanol–water partition coefficient (Wildman–Crippen LogP) is 5.25. The van der Waals surface area contributed by atoms with E-state index in [1.54, 1.807) is 18.2 Å². The molecule has 2 aliphatic heterocycles. The van der Waals surface area contributed by atoms with Crippen LogP contribution in [-0.2, 0) is 6.54 Å². The zero-order chi connectivity index (χ0) is 29.6.